The van der Waals surface area contributed by atoms with E-state index in [1.165, 1.54) is 31.3 Å². The Kier molecular flexibility index (Phi) is 5.86. The van der Waals surface area contributed by atoms with Crippen molar-refractivity contribution in [3.05, 3.63) is 64.4 Å². The molecule has 0 saturated heterocycles. The average molecular weight is 389 g/mol. The van der Waals surface area contributed by atoms with Crippen molar-refractivity contribution in [2.75, 3.05) is 18.9 Å². The number of carbonyl (C=O) groups is 2. The van der Waals surface area contributed by atoms with Gasteiger partial charge < -0.3 is 10.2 Å². The van der Waals surface area contributed by atoms with E-state index in [1.807, 2.05) is 0 Å². The van der Waals surface area contributed by atoms with E-state index in [9.17, 15) is 27.2 Å². The Morgan fingerprint density at radius 1 is 1.15 bits per heavy atom. The Hall–Kier alpha value is -2.61. The van der Waals surface area contributed by atoms with E-state index in [0.717, 1.165) is 17.0 Å². The number of likely N-dealkylation sites (N-methyl/N-ethyl adjacent to an activating group) is 1. The molecule has 0 heterocycles. The second kappa shape index (κ2) is 7.74. The second-order valence-corrected chi connectivity index (χ2v) is 5.79. The van der Waals surface area contributed by atoms with Crippen molar-refractivity contribution in [3.8, 4) is 0 Å². The van der Waals surface area contributed by atoms with Crippen molar-refractivity contribution in [2.45, 2.75) is 6.18 Å². The highest BCUT2D eigenvalue weighted by molar-refractivity contribution is 6.31. The van der Waals surface area contributed by atoms with Crippen LogP contribution in [0.1, 0.15) is 15.9 Å². The van der Waals surface area contributed by atoms with Gasteiger partial charge in [-0.3, -0.25) is 9.59 Å². The topological polar surface area (TPSA) is 49.4 Å². The Bertz CT molecular complexity index is 840. The molecule has 0 saturated carbocycles. The first-order valence-electron chi connectivity index (χ1n) is 7.26. The second-order valence-electron chi connectivity index (χ2n) is 5.38. The molecule has 0 aliphatic heterocycles. The van der Waals surface area contributed by atoms with Gasteiger partial charge in [-0.25, -0.2) is 4.39 Å². The van der Waals surface area contributed by atoms with Gasteiger partial charge in [-0.05, 0) is 30.3 Å². The monoisotopic (exact) mass is 388 g/mol. The molecule has 2 aromatic carbocycles. The highest BCUT2D eigenvalue weighted by Gasteiger charge is 2.33. The number of nitrogens with zero attached hydrogens (tertiary/aromatic N) is 1. The summed E-state index contributed by atoms with van der Waals surface area (Å²) in [6.07, 6.45) is -4.67. The molecule has 0 aliphatic rings. The zero-order valence-corrected chi connectivity index (χ0v) is 14.2. The number of benzene rings is 2. The lowest BCUT2D eigenvalue weighted by atomic mass is 10.2. The van der Waals surface area contributed by atoms with Crippen LogP contribution in [0.3, 0.4) is 0 Å². The van der Waals surface area contributed by atoms with Crippen LogP contribution in [0, 0.1) is 5.82 Å². The number of hydrogen-bond donors (Lipinski definition) is 1. The van der Waals surface area contributed by atoms with Gasteiger partial charge in [-0.1, -0.05) is 23.7 Å². The fourth-order valence-electron chi connectivity index (χ4n) is 2.15. The van der Waals surface area contributed by atoms with Crippen molar-refractivity contribution in [3.63, 3.8) is 0 Å². The number of nitrogens with one attached hydrogen (secondary N) is 1. The summed E-state index contributed by atoms with van der Waals surface area (Å²) in [5.74, 6) is -2.21. The molecule has 0 radical (unpaired) electrons. The quantitative estimate of drug-likeness (QED) is 0.798. The summed E-state index contributed by atoms with van der Waals surface area (Å²) in [5.41, 5.74) is -1.43. The summed E-state index contributed by atoms with van der Waals surface area (Å²) in [4.78, 5) is 25.1. The highest BCUT2D eigenvalue weighted by atomic mass is 35.5. The van der Waals surface area contributed by atoms with Crippen molar-refractivity contribution in [1.82, 2.24) is 4.90 Å². The Morgan fingerprint density at radius 2 is 1.81 bits per heavy atom. The van der Waals surface area contributed by atoms with Crippen molar-refractivity contribution in [2.24, 2.45) is 0 Å². The van der Waals surface area contributed by atoms with E-state index in [-0.39, 0.29) is 11.3 Å². The first kappa shape index (κ1) is 19.7. The maximum Gasteiger partial charge on any atom is 0.417 e. The predicted molar refractivity (Wildman–Crippen MR) is 88.4 cm³/mol. The van der Waals surface area contributed by atoms with E-state index < -0.39 is 40.9 Å². The van der Waals surface area contributed by atoms with Gasteiger partial charge in [-0.15, -0.1) is 0 Å². The van der Waals surface area contributed by atoms with Gasteiger partial charge in [0.2, 0.25) is 5.91 Å². The Morgan fingerprint density at radius 3 is 2.42 bits per heavy atom. The van der Waals surface area contributed by atoms with Crippen LogP contribution in [0.2, 0.25) is 5.02 Å². The van der Waals surface area contributed by atoms with Crippen molar-refractivity contribution >= 4 is 29.1 Å². The molecule has 1 N–H and O–H groups in total. The molecule has 2 amide bonds. The van der Waals surface area contributed by atoms with Crippen molar-refractivity contribution in [1.29, 1.82) is 0 Å². The zero-order valence-electron chi connectivity index (χ0n) is 13.4. The summed E-state index contributed by atoms with van der Waals surface area (Å²) < 4.78 is 52.1. The van der Waals surface area contributed by atoms with Gasteiger partial charge in [-0.2, -0.15) is 13.2 Å². The number of anilines is 1. The molecule has 2 rings (SSSR count). The molecule has 0 fully saturated rings. The molecule has 138 valence electrons. The lowest BCUT2D eigenvalue weighted by Gasteiger charge is -2.17. The Balaban J connectivity index is 2.07. The van der Waals surface area contributed by atoms with Gasteiger partial charge in [0.25, 0.3) is 5.91 Å². The van der Waals surface area contributed by atoms with Crippen LogP contribution in [0.4, 0.5) is 23.2 Å². The van der Waals surface area contributed by atoms with Crippen LogP contribution < -0.4 is 5.32 Å². The standard InChI is InChI=1S/C17H13ClF4N2O2/c1-24(16(26)11-4-2-3-5-14(11)19)9-15(25)23-10-6-7-13(18)12(8-10)17(20,21)22/h2-8H,9H2,1H3,(H,23,25). The molecule has 26 heavy (non-hydrogen) atoms. The normalized spacial score (nSPS) is 11.2. The van der Waals surface area contributed by atoms with E-state index in [2.05, 4.69) is 5.32 Å². The van der Waals surface area contributed by atoms with Gasteiger partial charge in [0, 0.05) is 12.7 Å². The van der Waals surface area contributed by atoms with E-state index in [1.54, 1.807) is 0 Å². The molecule has 0 aliphatic carbocycles. The first-order valence-corrected chi connectivity index (χ1v) is 7.64. The average Bonchev–Trinajstić information content (AvgIpc) is 2.55. The van der Waals surface area contributed by atoms with Gasteiger partial charge in [0.15, 0.2) is 0 Å². The maximum atomic E-state index is 13.6. The molecular formula is C17H13ClF4N2O2. The molecule has 0 aromatic heterocycles. The third kappa shape index (κ3) is 4.72. The number of hydrogen-bond acceptors (Lipinski definition) is 2. The summed E-state index contributed by atoms with van der Waals surface area (Å²) in [5, 5.41) is 1.75. The predicted octanol–water partition coefficient (Wildman–Crippen LogP) is 4.21. The first-order chi connectivity index (χ1) is 12.1. The molecule has 9 heteroatoms. The molecule has 0 unspecified atom stereocenters. The third-order valence-electron chi connectivity index (χ3n) is 3.39. The molecular weight excluding hydrogens is 376 g/mol. The number of alkyl halides is 3. The minimum atomic E-state index is -4.67. The minimum Gasteiger partial charge on any atom is -0.332 e. The maximum absolute atomic E-state index is 13.6. The van der Waals surface area contributed by atoms with Crippen LogP contribution in [0.5, 0.6) is 0 Å². The molecule has 0 atom stereocenters. The summed E-state index contributed by atoms with van der Waals surface area (Å²) in [6, 6.07) is 8.16. The number of rotatable bonds is 4. The van der Waals surface area contributed by atoms with Crippen LogP contribution in [0.25, 0.3) is 0 Å². The lowest BCUT2D eigenvalue weighted by Crippen LogP contribution is -2.35. The van der Waals surface area contributed by atoms with E-state index in [0.29, 0.717) is 6.07 Å². The van der Waals surface area contributed by atoms with Crippen LogP contribution in [-0.4, -0.2) is 30.3 Å². The Labute approximate surface area is 151 Å². The van der Waals surface area contributed by atoms with Gasteiger partial charge >= 0.3 is 6.18 Å². The molecule has 4 nitrogen and oxygen atoms in total. The van der Waals surface area contributed by atoms with Crippen LogP contribution in [0.15, 0.2) is 42.5 Å². The number of amides is 2. The minimum absolute atomic E-state index is 0.126. The summed E-state index contributed by atoms with van der Waals surface area (Å²) in [6.45, 7) is -0.475. The van der Waals surface area contributed by atoms with Crippen LogP contribution in [-0.2, 0) is 11.0 Å². The van der Waals surface area contributed by atoms with Crippen molar-refractivity contribution < 1.29 is 27.2 Å². The molecule has 0 bridgehead atoms. The fourth-order valence-corrected chi connectivity index (χ4v) is 2.37. The van der Waals surface area contributed by atoms with E-state index in [4.69, 9.17) is 11.6 Å². The highest BCUT2D eigenvalue weighted by Crippen LogP contribution is 2.36. The largest absolute Gasteiger partial charge is 0.417 e. The van der Waals surface area contributed by atoms with Crippen LogP contribution >= 0.6 is 11.6 Å². The fraction of sp³-hybridized carbons (Fsp3) is 0.176. The van der Waals surface area contributed by atoms with Gasteiger partial charge in [0.1, 0.15) is 5.82 Å². The third-order valence-corrected chi connectivity index (χ3v) is 3.72. The summed E-state index contributed by atoms with van der Waals surface area (Å²) >= 11 is 5.50. The number of carbonyl (C=O) groups excluding carboxylic acids is 2. The molecule has 2 aromatic rings. The summed E-state index contributed by atoms with van der Waals surface area (Å²) in [7, 11) is 1.28. The van der Waals surface area contributed by atoms with Gasteiger partial charge in [0.05, 0.1) is 22.7 Å². The van der Waals surface area contributed by atoms with E-state index >= 15 is 0 Å². The SMILES string of the molecule is CN(CC(=O)Nc1ccc(Cl)c(C(F)(F)F)c1)C(=O)c1ccccc1F. The molecule has 0 spiro atoms. The lowest BCUT2D eigenvalue weighted by molar-refractivity contribution is -0.137. The number of halogens is 5. The smallest absolute Gasteiger partial charge is 0.332 e. The zero-order chi connectivity index (χ0) is 19.5.